The maximum Gasteiger partial charge on any atom is 0.308 e. The van der Waals surface area contributed by atoms with Crippen LogP contribution in [0.5, 0.6) is 5.75 Å². The summed E-state index contributed by atoms with van der Waals surface area (Å²) in [5.74, 6) is -0.845. The highest BCUT2D eigenvalue weighted by molar-refractivity contribution is 5.69. The maximum atomic E-state index is 11.2. The fourth-order valence-corrected chi connectivity index (χ4v) is 4.11. The molecule has 0 aromatic heterocycles. The number of benzene rings is 1. The monoisotopic (exact) mass is 373 g/mol. The molecule has 0 spiro atoms. The third-order valence-electron chi connectivity index (χ3n) is 5.35. The highest BCUT2D eigenvalue weighted by Gasteiger charge is 2.54. The van der Waals surface area contributed by atoms with Crippen LogP contribution in [0, 0.1) is 45.3 Å². The predicted molar refractivity (Wildman–Crippen MR) is 100 cm³/mol. The van der Waals surface area contributed by atoms with Crippen LogP contribution >= 0.6 is 0 Å². The summed E-state index contributed by atoms with van der Waals surface area (Å²) < 4.78 is 5.07. The number of nitriles is 3. The summed E-state index contributed by atoms with van der Waals surface area (Å²) in [6.07, 6.45) is 1.94. The molecule has 0 bridgehead atoms. The van der Waals surface area contributed by atoms with Crippen molar-refractivity contribution in [3.8, 4) is 24.0 Å². The van der Waals surface area contributed by atoms with Gasteiger partial charge in [0.1, 0.15) is 11.8 Å². The van der Waals surface area contributed by atoms with Gasteiger partial charge in [-0.2, -0.15) is 15.8 Å². The van der Waals surface area contributed by atoms with E-state index < -0.39 is 17.3 Å². The minimum Gasteiger partial charge on any atom is -0.427 e. The third-order valence-corrected chi connectivity index (χ3v) is 5.35. The maximum absolute atomic E-state index is 11.2. The summed E-state index contributed by atoms with van der Waals surface area (Å²) in [6, 6.07) is 13.0. The van der Waals surface area contributed by atoms with Crippen LogP contribution in [0.15, 0.2) is 47.2 Å². The summed E-state index contributed by atoms with van der Waals surface area (Å²) in [4.78, 5) is 13.2. The van der Waals surface area contributed by atoms with Crippen molar-refractivity contribution < 1.29 is 9.53 Å². The van der Waals surface area contributed by atoms with Crippen LogP contribution in [0.2, 0.25) is 0 Å². The fourth-order valence-electron chi connectivity index (χ4n) is 4.11. The zero-order chi connectivity index (χ0) is 20.5. The number of ether oxygens (including phenoxy) is 1. The van der Waals surface area contributed by atoms with Gasteiger partial charge in [-0.3, -0.25) is 4.79 Å². The molecular weight excluding hydrogens is 354 g/mol. The van der Waals surface area contributed by atoms with Gasteiger partial charge in [-0.05, 0) is 30.3 Å². The molecule has 7 nitrogen and oxygen atoms in total. The van der Waals surface area contributed by atoms with Crippen LogP contribution in [0.25, 0.3) is 0 Å². The Morgan fingerprint density at radius 2 is 1.89 bits per heavy atom. The lowest BCUT2D eigenvalue weighted by Crippen LogP contribution is -2.47. The molecule has 3 rings (SSSR count). The minimum atomic E-state index is -1.66. The Morgan fingerprint density at radius 1 is 1.25 bits per heavy atom. The molecule has 0 saturated heterocycles. The first-order valence-electron chi connectivity index (χ1n) is 8.78. The van der Waals surface area contributed by atoms with E-state index in [0.717, 1.165) is 11.1 Å². The van der Waals surface area contributed by atoms with Crippen molar-refractivity contribution in [3.05, 3.63) is 52.7 Å². The number of nitrogens with two attached hydrogens (primary N) is 1. The van der Waals surface area contributed by atoms with Gasteiger partial charge >= 0.3 is 5.97 Å². The van der Waals surface area contributed by atoms with Gasteiger partial charge in [-0.15, -0.1) is 0 Å². The van der Waals surface area contributed by atoms with Crippen LogP contribution < -0.4 is 10.5 Å². The summed E-state index contributed by atoms with van der Waals surface area (Å²) >= 11 is 0. The number of nitrogens with zero attached hydrogens (tertiary/aromatic N) is 4. The number of hydrogen-bond acceptors (Lipinski definition) is 7. The highest BCUT2D eigenvalue weighted by Crippen LogP contribution is 2.54. The summed E-state index contributed by atoms with van der Waals surface area (Å²) in [5.41, 5.74) is 6.33. The Balaban J connectivity index is 2.21. The van der Waals surface area contributed by atoms with Gasteiger partial charge in [0.15, 0.2) is 5.41 Å². The van der Waals surface area contributed by atoms with Crippen molar-refractivity contribution in [1.82, 2.24) is 4.90 Å². The second kappa shape index (κ2) is 7.19. The lowest BCUT2D eigenvalue weighted by atomic mass is 9.58. The van der Waals surface area contributed by atoms with Crippen molar-refractivity contribution in [1.29, 1.82) is 15.8 Å². The van der Waals surface area contributed by atoms with Gasteiger partial charge in [0.2, 0.25) is 0 Å². The first kappa shape index (κ1) is 19.2. The molecule has 2 aliphatic rings. The Hall–Kier alpha value is -3.60. The predicted octanol–water partition coefficient (Wildman–Crippen LogP) is 1.97. The SMILES string of the molecule is CC(=O)Oc1ccc([C@@H]2[C@H]3CN(C)CC=C3C(C#N)=C(N)C2(C#N)C#N)cc1. The normalized spacial score (nSPS) is 23.5. The van der Waals surface area contributed by atoms with Crippen LogP contribution in [-0.4, -0.2) is 31.0 Å². The van der Waals surface area contributed by atoms with Crippen molar-refractivity contribution in [2.24, 2.45) is 17.1 Å². The van der Waals surface area contributed by atoms with Gasteiger partial charge in [0.05, 0.1) is 23.4 Å². The number of fused-ring (bicyclic) bond motifs is 1. The minimum absolute atomic E-state index is 0.00103. The highest BCUT2D eigenvalue weighted by atomic mass is 16.5. The number of carbonyl (C=O) groups excluding carboxylic acids is 1. The third kappa shape index (κ3) is 2.91. The second-order valence-corrected chi connectivity index (χ2v) is 7.06. The number of carbonyl (C=O) groups is 1. The number of hydrogen-bond donors (Lipinski definition) is 1. The molecule has 1 aliphatic carbocycles. The molecule has 7 heteroatoms. The van der Waals surface area contributed by atoms with E-state index in [0.29, 0.717) is 18.8 Å². The summed E-state index contributed by atoms with van der Waals surface area (Å²) in [7, 11) is 1.95. The van der Waals surface area contributed by atoms with Crippen molar-refractivity contribution in [3.63, 3.8) is 0 Å². The Bertz CT molecular complexity index is 987. The molecule has 0 radical (unpaired) electrons. The first-order valence-corrected chi connectivity index (χ1v) is 8.78. The van der Waals surface area contributed by atoms with E-state index in [-0.39, 0.29) is 17.2 Å². The number of likely N-dealkylation sites (N-methyl/N-ethyl adjacent to an activating group) is 1. The molecule has 1 aromatic carbocycles. The first-order chi connectivity index (χ1) is 13.4. The Labute approximate surface area is 163 Å². The lowest BCUT2D eigenvalue weighted by molar-refractivity contribution is -0.131. The number of esters is 1. The molecule has 0 unspecified atom stereocenters. The van der Waals surface area contributed by atoms with Gasteiger partial charge in [0, 0.05) is 31.8 Å². The van der Waals surface area contributed by atoms with Crippen molar-refractivity contribution in [2.75, 3.05) is 20.1 Å². The molecule has 2 N–H and O–H groups in total. The van der Waals surface area contributed by atoms with Crippen LogP contribution in [0.4, 0.5) is 0 Å². The lowest BCUT2D eigenvalue weighted by Gasteiger charge is -2.45. The van der Waals surface area contributed by atoms with E-state index in [1.165, 1.54) is 6.92 Å². The van der Waals surface area contributed by atoms with E-state index in [1.54, 1.807) is 24.3 Å². The van der Waals surface area contributed by atoms with E-state index in [9.17, 15) is 20.6 Å². The van der Waals surface area contributed by atoms with E-state index >= 15 is 0 Å². The molecule has 1 heterocycles. The summed E-state index contributed by atoms with van der Waals surface area (Å²) in [5, 5.41) is 29.6. The quantitative estimate of drug-likeness (QED) is 0.620. The van der Waals surface area contributed by atoms with Crippen LogP contribution in [-0.2, 0) is 4.79 Å². The Morgan fingerprint density at radius 3 is 2.43 bits per heavy atom. The average Bonchev–Trinajstić information content (AvgIpc) is 2.68. The molecule has 1 aromatic rings. The summed E-state index contributed by atoms with van der Waals surface area (Å²) in [6.45, 7) is 2.57. The van der Waals surface area contributed by atoms with Crippen molar-refractivity contribution in [2.45, 2.75) is 12.8 Å². The van der Waals surface area contributed by atoms with Gasteiger partial charge in [-0.1, -0.05) is 18.2 Å². The molecule has 0 amide bonds. The molecule has 0 saturated carbocycles. The average molecular weight is 373 g/mol. The van der Waals surface area contributed by atoms with Crippen molar-refractivity contribution >= 4 is 5.97 Å². The van der Waals surface area contributed by atoms with Crippen LogP contribution in [0.1, 0.15) is 18.4 Å². The van der Waals surface area contributed by atoms with E-state index in [1.807, 2.05) is 13.1 Å². The molecule has 0 fully saturated rings. The smallest absolute Gasteiger partial charge is 0.308 e. The largest absolute Gasteiger partial charge is 0.427 e. The van der Waals surface area contributed by atoms with E-state index in [2.05, 4.69) is 23.1 Å². The molecule has 1 aliphatic heterocycles. The van der Waals surface area contributed by atoms with Gasteiger partial charge < -0.3 is 15.4 Å². The molecule has 140 valence electrons. The fraction of sp³-hybridized carbons (Fsp3) is 0.333. The van der Waals surface area contributed by atoms with Gasteiger partial charge in [-0.25, -0.2) is 0 Å². The standard InChI is InChI=1S/C21H19N5O2/c1-13(27)28-15-5-3-14(4-6-15)19-18-10-26(2)8-7-16(18)17(9-22)20(25)21(19,11-23)12-24/h3-7,18-19H,8,10,25H2,1-2H3/t18-,19+/m0/s1. The zero-order valence-corrected chi connectivity index (χ0v) is 15.6. The second-order valence-electron chi connectivity index (χ2n) is 7.06. The van der Waals surface area contributed by atoms with Crippen LogP contribution in [0.3, 0.4) is 0 Å². The molecule has 2 atom stereocenters. The number of allylic oxidation sites excluding steroid dienone is 2. The molecular formula is C21H19N5O2. The zero-order valence-electron chi connectivity index (χ0n) is 15.6. The Kier molecular flexibility index (Phi) is 4.92. The van der Waals surface area contributed by atoms with E-state index in [4.69, 9.17) is 10.5 Å². The topological polar surface area (TPSA) is 127 Å². The molecule has 28 heavy (non-hydrogen) atoms. The van der Waals surface area contributed by atoms with Gasteiger partial charge in [0.25, 0.3) is 0 Å². The number of rotatable bonds is 2.